The third-order valence-corrected chi connectivity index (χ3v) is 8.73. The molecule has 5 heteroatoms. The van der Waals surface area contributed by atoms with Crippen molar-refractivity contribution in [2.24, 2.45) is 0 Å². The van der Waals surface area contributed by atoms with Crippen molar-refractivity contribution in [1.82, 2.24) is 5.32 Å². The van der Waals surface area contributed by atoms with Crippen molar-refractivity contribution >= 4 is 5.91 Å². The highest BCUT2D eigenvalue weighted by Gasteiger charge is 2.23. The van der Waals surface area contributed by atoms with Gasteiger partial charge in [0.05, 0.1) is 18.8 Å². The lowest BCUT2D eigenvalue weighted by molar-refractivity contribution is -0.131. The summed E-state index contributed by atoms with van der Waals surface area (Å²) in [6.07, 6.45) is 33.8. The summed E-state index contributed by atoms with van der Waals surface area (Å²) in [5, 5.41) is 33.0. The molecule has 0 aromatic carbocycles. The standard InChI is InChI=1S/C36H73NO4/c1-3-5-7-9-11-13-14-15-16-17-18-19-20-21-23-24-26-28-30-34(39)33(32-38)37-36(41)35(40)31-29-27-25-22-12-10-8-6-4-2/h33-35,38-40H,3-32H2,1-2H3,(H,37,41). The fourth-order valence-electron chi connectivity index (χ4n) is 5.78. The maximum absolute atomic E-state index is 12.3. The summed E-state index contributed by atoms with van der Waals surface area (Å²) in [5.74, 6) is -0.472. The van der Waals surface area contributed by atoms with Crippen molar-refractivity contribution in [2.75, 3.05) is 6.61 Å². The number of carbonyl (C=O) groups excluding carboxylic acids is 1. The SMILES string of the molecule is CCCCCCCCCCCCCCCCCCCCC(O)C(CO)NC(=O)C(O)CCCCCCCCCCC. The van der Waals surface area contributed by atoms with E-state index in [-0.39, 0.29) is 6.61 Å². The second-order valence-corrected chi connectivity index (χ2v) is 12.8. The van der Waals surface area contributed by atoms with Crippen LogP contribution in [0.15, 0.2) is 0 Å². The van der Waals surface area contributed by atoms with Crippen LogP contribution in [0.4, 0.5) is 0 Å². The van der Waals surface area contributed by atoms with Gasteiger partial charge < -0.3 is 20.6 Å². The van der Waals surface area contributed by atoms with Gasteiger partial charge in [-0.05, 0) is 12.8 Å². The van der Waals surface area contributed by atoms with Crippen molar-refractivity contribution in [3.63, 3.8) is 0 Å². The molecule has 0 aliphatic heterocycles. The highest BCUT2D eigenvalue weighted by molar-refractivity contribution is 5.80. The van der Waals surface area contributed by atoms with Crippen molar-refractivity contribution in [2.45, 2.75) is 218 Å². The quantitative estimate of drug-likeness (QED) is 0.0579. The Bertz CT molecular complexity index is 530. The number of aliphatic hydroxyl groups excluding tert-OH is 3. The van der Waals surface area contributed by atoms with Gasteiger partial charge in [0.25, 0.3) is 0 Å². The second kappa shape index (κ2) is 32.3. The predicted molar refractivity (Wildman–Crippen MR) is 176 cm³/mol. The van der Waals surface area contributed by atoms with E-state index < -0.39 is 24.2 Å². The van der Waals surface area contributed by atoms with Crippen molar-refractivity contribution in [3.05, 3.63) is 0 Å². The lowest BCUT2D eigenvalue weighted by Crippen LogP contribution is -2.49. The molecule has 4 N–H and O–H groups in total. The molecule has 0 rings (SSSR count). The average Bonchev–Trinajstić information content (AvgIpc) is 2.98. The Balaban J connectivity index is 3.61. The highest BCUT2D eigenvalue weighted by Crippen LogP contribution is 2.16. The molecule has 41 heavy (non-hydrogen) atoms. The highest BCUT2D eigenvalue weighted by atomic mass is 16.3. The van der Waals surface area contributed by atoms with Gasteiger partial charge in [-0.2, -0.15) is 0 Å². The van der Waals surface area contributed by atoms with Crippen LogP contribution in [0, 0.1) is 0 Å². The van der Waals surface area contributed by atoms with E-state index in [0.29, 0.717) is 12.8 Å². The number of hydrogen-bond donors (Lipinski definition) is 4. The molecule has 0 aromatic rings. The minimum Gasteiger partial charge on any atom is -0.394 e. The normalized spacial score (nSPS) is 13.8. The topological polar surface area (TPSA) is 89.8 Å². The zero-order chi connectivity index (χ0) is 30.2. The number of hydrogen-bond acceptors (Lipinski definition) is 4. The fraction of sp³-hybridized carbons (Fsp3) is 0.972. The minimum atomic E-state index is -1.06. The third-order valence-electron chi connectivity index (χ3n) is 8.73. The Morgan fingerprint density at radius 2 is 0.780 bits per heavy atom. The molecule has 0 aliphatic carbocycles. The van der Waals surface area contributed by atoms with E-state index in [1.807, 2.05) is 0 Å². The van der Waals surface area contributed by atoms with E-state index in [1.54, 1.807) is 0 Å². The summed E-state index contributed by atoms with van der Waals surface area (Å²) >= 11 is 0. The number of unbranched alkanes of at least 4 members (excludes halogenated alkanes) is 25. The Labute approximate surface area is 256 Å². The van der Waals surface area contributed by atoms with Gasteiger partial charge in [-0.15, -0.1) is 0 Å². The van der Waals surface area contributed by atoms with Gasteiger partial charge in [-0.3, -0.25) is 4.79 Å². The van der Waals surface area contributed by atoms with Gasteiger partial charge in [0.2, 0.25) is 5.91 Å². The van der Waals surface area contributed by atoms with Crippen molar-refractivity contribution < 1.29 is 20.1 Å². The van der Waals surface area contributed by atoms with Crippen LogP contribution in [-0.2, 0) is 4.79 Å². The molecule has 5 nitrogen and oxygen atoms in total. The van der Waals surface area contributed by atoms with Gasteiger partial charge in [-0.25, -0.2) is 0 Å². The first-order valence-corrected chi connectivity index (χ1v) is 18.3. The molecule has 0 saturated heterocycles. The molecule has 0 bridgehead atoms. The Kier molecular flexibility index (Phi) is 31.8. The summed E-state index contributed by atoms with van der Waals surface area (Å²) in [7, 11) is 0. The van der Waals surface area contributed by atoms with Gasteiger partial charge >= 0.3 is 0 Å². The number of aliphatic hydroxyl groups is 3. The second-order valence-electron chi connectivity index (χ2n) is 12.8. The number of amides is 1. The lowest BCUT2D eigenvalue weighted by Gasteiger charge is -2.23. The Morgan fingerprint density at radius 1 is 0.488 bits per heavy atom. The predicted octanol–water partition coefficient (Wildman–Crippen LogP) is 9.54. The maximum Gasteiger partial charge on any atom is 0.249 e. The number of rotatable bonds is 33. The summed E-state index contributed by atoms with van der Waals surface area (Å²) in [6, 6.07) is -0.703. The van der Waals surface area contributed by atoms with Crippen LogP contribution >= 0.6 is 0 Å². The molecule has 246 valence electrons. The van der Waals surface area contributed by atoms with E-state index in [9.17, 15) is 20.1 Å². The third kappa shape index (κ3) is 27.9. The number of nitrogens with one attached hydrogen (secondary N) is 1. The van der Waals surface area contributed by atoms with Crippen LogP contribution in [-0.4, -0.2) is 46.1 Å². The first kappa shape index (κ1) is 40.4. The van der Waals surface area contributed by atoms with Crippen molar-refractivity contribution in [1.29, 1.82) is 0 Å². The zero-order valence-corrected chi connectivity index (χ0v) is 27.7. The van der Waals surface area contributed by atoms with E-state index in [4.69, 9.17) is 0 Å². The van der Waals surface area contributed by atoms with Crippen molar-refractivity contribution in [3.8, 4) is 0 Å². The van der Waals surface area contributed by atoms with Crippen LogP contribution in [0.5, 0.6) is 0 Å². The fourth-order valence-corrected chi connectivity index (χ4v) is 5.78. The largest absolute Gasteiger partial charge is 0.394 e. The van der Waals surface area contributed by atoms with E-state index >= 15 is 0 Å². The van der Waals surface area contributed by atoms with Crippen LogP contribution in [0.3, 0.4) is 0 Å². The van der Waals surface area contributed by atoms with Gasteiger partial charge in [0.1, 0.15) is 6.10 Å². The zero-order valence-electron chi connectivity index (χ0n) is 27.7. The van der Waals surface area contributed by atoms with Crippen LogP contribution in [0.2, 0.25) is 0 Å². The van der Waals surface area contributed by atoms with Crippen LogP contribution in [0.25, 0.3) is 0 Å². The molecule has 0 radical (unpaired) electrons. The molecule has 1 amide bonds. The molecule has 0 aliphatic rings. The maximum atomic E-state index is 12.3. The van der Waals surface area contributed by atoms with Crippen LogP contribution in [0.1, 0.15) is 200 Å². The average molecular weight is 584 g/mol. The molecule has 0 heterocycles. The summed E-state index contributed by atoms with van der Waals surface area (Å²) < 4.78 is 0. The summed E-state index contributed by atoms with van der Waals surface area (Å²) in [6.45, 7) is 4.20. The van der Waals surface area contributed by atoms with E-state index in [1.165, 1.54) is 141 Å². The molecule has 0 aromatic heterocycles. The van der Waals surface area contributed by atoms with E-state index in [0.717, 1.165) is 32.1 Å². The van der Waals surface area contributed by atoms with E-state index in [2.05, 4.69) is 19.2 Å². The summed E-state index contributed by atoms with van der Waals surface area (Å²) in [5.41, 5.74) is 0. The summed E-state index contributed by atoms with van der Waals surface area (Å²) in [4.78, 5) is 12.3. The first-order valence-electron chi connectivity index (χ1n) is 18.3. The molecular formula is C36H73NO4. The molecule has 0 spiro atoms. The first-order chi connectivity index (χ1) is 20.1. The Morgan fingerprint density at radius 3 is 1.10 bits per heavy atom. The van der Waals surface area contributed by atoms with Gasteiger partial charge in [0, 0.05) is 0 Å². The number of carbonyl (C=O) groups is 1. The lowest BCUT2D eigenvalue weighted by atomic mass is 10.0. The molecular weight excluding hydrogens is 510 g/mol. The smallest absolute Gasteiger partial charge is 0.249 e. The molecule has 3 atom stereocenters. The van der Waals surface area contributed by atoms with Gasteiger partial charge in [-0.1, -0.05) is 187 Å². The van der Waals surface area contributed by atoms with Gasteiger partial charge in [0.15, 0.2) is 0 Å². The molecule has 0 fully saturated rings. The van der Waals surface area contributed by atoms with Crippen LogP contribution < -0.4 is 5.32 Å². The minimum absolute atomic E-state index is 0.309. The monoisotopic (exact) mass is 584 g/mol. The molecule has 3 unspecified atom stereocenters. The Hall–Kier alpha value is -0.650. The molecule has 0 saturated carbocycles.